The van der Waals surface area contributed by atoms with Crippen molar-refractivity contribution in [2.75, 3.05) is 0 Å². The molecule has 0 bridgehead atoms. The van der Waals surface area contributed by atoms with Crippen molar-refractivity contribution in [1.29, 1.82) is 0 Å². The molecule has 5 rings (SSSR count). The summed E-state index contributed by atoms with van der Waals surface area (Å²) in [6.45, 7) is 5.78. The number of phenols is 1. The summed E-state index contributed by atoms with van der Waals surface area (Å²) in [5.74, 6) is -0.151. The minimum atomic E-state index is -0.299. The lowest BCUT2D eigenvalue weighted by Gasteiger charge is -2.10. The molecule has 0 amide bonds. The quantitative estimate of drug-likeness (QED) is 0.383. The van der Waals surface area contributed by atoms with Crippen LogP contribution < -0.4 is 5.43 Å². The predicted molar refractivity (Wildman–Crippen MR) is 129 cm³/mol. The van der Waals surface area contributed by atoms with Gasteiger partial charge in [0.2, 0.25) is 0 Å². The van der Waals surface area contributed by atoms with Gasteiger partial charge in [0.25, 0.3) is 0 Å². The van der Waals surface area contributed by atoms with Gasteiger partial charge < -0.3 is 10.5 Å². The van der Waals surface area contributed by atoms with Crippen LogP contribution in [0.4, 0.5) is 4.39 Å². The molecule has 2 aromatic carbocycles. The monoisotopic (exact) mass is 481 g/mol. The van der Waals surface area contributed by atoms with Crippen LogP contribution in [-0.2, 0) is 0 Å². The Bertz CT molecular complexity index is 1390. The fourth-order valence-electron chi connectivity index (χ4n) is 3.98. The van der Waals surface area contributed by atoms with Gasteiger partial charge in [-0.25, -0.2) is 14.1 Å². The summed E-state index contributed by atoms with van der Waals surface area (Å²) in [5, 5.41) is 21.3. The molecule has 2 aromatic heterocycles. The minimum absolute atomic E-state index is 0.147. The van der Waals surface area contributed by atoms with Crippen LogP contribution in [0.2, 0.25) is 5.02 Å². The highest BCUT2D eigenvalue weighted by molar-refractivity contribution is 7.15. The lowest BCUT2D eigenvalue weighted by Crippen LogP contribution is -2.10. The number of hydrazone groups is 1. The first-order valence-corrected chi connectivity index (χ1v) is 11.6. The molecule has 3 heterocycles. The predicted octanol–water partition coefficient (Wildman–Crippen LogP) is 5.86. The first-order valence-electron chi connectivity index (χ1n) is 10.4. The van der Waals surface area contributed by atoms with E-state index < -0.39 is 0 Å². The zero-order valence-corrected chi connectivity index (χ0v) is 19.8. The van der Waals surface area contributed by atoms with Crippen molar-refractivity contribution in [1.82, 2.24) is 20.2 Å². The molecule has 4 aromatic rings. The Balaban J connectivity index is 1.54. The Morgan fingerprint density at radius 2 is 1.94 bits per heavy atom. The summed E-state index contributed by atoms with van der Waals surface area (Å²) in [5.41, 5.74) is 8.75. The first kappa shape index (κ1) is 21.6. The van der Waals surface area contributed by atoms with Gasteiger partial charge in [-0.15, -0.1) is 11.3 Å². The fourth-order valence-corrected chi connectivity index (χ4v) is 5.07. The van der Waals surface area contributed by atoms with Crippen LogP contribution in [0.1, 0.15) is 39.9 Å². The molecule has 0 fully saturated rings. The third kappa shape index (κ3) is 4.00. The van der Waals surface area contributed by atoms with Crippen molar-refractivity contribution in [3.8, 4) is 22.0 Å². The molecule has 0 aliphatic carbocycles. The molecule has 0 spiro atoms. The number of phenolic OH excluding ortho intramolecular Hbond substituents is 1. The summed E-state index contributed by atoms with van der Waals surface area (Å²) in [6, 6.07) is 9.44. The molecular formula is C24H21ClFN5OS. The number of rotatable bonds is 4. The second kappa shape index (κ2) is 8.28. The van der Waals surface area contributed by atoms with Crippen LogP contribution in [0.3, 0.4) is 0 Å². The van der Waals surface area contributed by atoms with Crippen molar-refractivity contribution in [2.45, 2.75) is 33.2 Å². The third-order valence-electron chi connectivity index (χ3n) is 5.67. The summed E-state index contributed by atoms with van der Waals surface area (Å²) in [4.78, 5) is 5.55. The lowest BCUT2D eigenvalue weighted by atomic mass is 9.97. The van der Waals surface area contributed by atoms with Gasteiger partial charge in [0, 0.05) is 28.8 Å². The second-order valence-electron chi connectivity index (χ2n) is 8.06. The second-order valence-corrected chi connectivity index (χ2v) is 9.67. The van der Waals surface area contributed by atoms with E-state index in [1.165, 1.54) is 12.1 Å². The van der Waals surface area contributed by atoms with Crippen LogP contribution in [0.5, 0.6) is 5.75 Å². The highest BCUT2D eigenvalue weighted by atomic mass is 35.5. The Labute approximate surface area is 199 Å². The molecule has 1 aliphatic heterocycles. The van der Waals surface area contributed by atoms with E-state index in [1.807, 2.05) is 27.0 Å². The SMILES string of the molecule is Cc1nc(C)c(-c2nn(-c3ccc(F)cc3)cc2C2CC(c3cc(Cl)c(C)cc3O)=NN2)s1. The Hall–Kier alpha value is -3.23. The van der Waals surface area contributed by atoms with Crippen LogP contribution in [0, 0.1) is 26.6 Å². The van der Waals surface area contributed by atoms with Crippen molar-refractivity contribution >= 4 is 28.6 Å². The van der Waals surface area contributed by atoms with E-state index in [0.29, 0.717) is 17.0 Å². The number of nitrogens with zero attached hydrogens (tertiary/aromatic N) is 4. The van der Waals surface area contributed by atoms with Gasteiger partial charge in [-0.3, -0.25) is 0 Å². The van der Waals surface area contributed by atoms with E-state index in [2.05, 4.69) is 15.5 Å². The van der Waals surface area contributed by atoms with Gasteiger partial charge in [0.1, 0.15) is 17.3 Å². The van der Waals surface area contributed by atoms with E-state index in [0.717, 1.165) is 43.8 Å². The summed E-state index contributed by atoms with van der Waals surface area (Å²) < 4.78 is 15.2. The van der Waals surface area contributed by atoms with Crippen molar-refractivity contribution < 1.29 is 9.50 Å². The number of benzene rings is 2. The number of aromatic hydroxyl groups is 1. The largest absolute Gasteiger partial charge is 0.507 e. The molecule has 0 radical (unpaired) electrons. The molecule has 1 aliphatic rings. The number of hydrogen-bond donors (Lipinski definition) is 2. The van der Waals surface area contributed by atoms with E-state index in [1.54, 1.807) is 40.3 Å². The smallest absolute Gasteiger partial charge is 0.125 e. The minimum Gasteiger partial charge on any atom is -0.507 e. The maximum absolute atomic E-state index is 13.5. The molecule has 9 heteroatoms. The van der Waals surface area contributed by atoms with Crippen molar-refractivity contribution in [2.24, 2.45) is 5.10 Å². The zero-order valence-electron chi connectivity index (χ0n) is 18.2. The molecule has 33 heavy (non-hydrogen) atoms. The maximum Gasteiger partial charge on any atom is 0.125 e. The van der Waals surface area contributed by atoms with Gasteiger partial charge in [-0.05, 0) is 62.7 Å². The number of aromatic nitrogens is 3. The van der Waals surface area contributed by atoms with E-state index in [9.17, 15) is 9.50 Å². The van der Waals surface area contributed by atoms with Gasteiger partial charge in [0.15, 0.2) is 0 Å². The summed E-state index contributed by atoms with van der Waals surface area (Å²) >= 11 is 7.88. The van der Waals surface area contributed by atoms with Gasteiger partial charge >= 0.3 is 0 Å². The Kier molecular flexibility index (Phi) is 5.42. The Morgan fingerprint density at radius 3 is 2.64 bits per heavy atom. The van der Waals surface area contributed by atoms with Crippen LogP contribution in [0.25, 0.3) is 16.3 Å². The molecule has 0 saturated carbocycles. The maximum atomic E-state index is 13.5. The topological polar surface area (TPSA) is 75.3 Å². The van der Waals surface area contributed by atoms with Gasteiger partial charge in [-0.2, -0.15) is 10.2 Å². The molecule has 1 unspecified atom stereocenters. The fraction of sp³-hybridized carbons (Fsp3) is 0.208. The summed E-state index contributed by atoms with van der Waals surface area (Å²) in [7, 11) is 0. The number of thiazole rings is 1. The van der Waals surface area contributed by atoms with E-state index in [-0.39, 0.29) is 17.6 Å². The van der Waals surface area contributed by atoms with Crippen molar-refractivity contribution in [3.63, 3.8) is 0 Å². The molecule has 6 nitrogen and oxygen atoms in total. The molecule has 0 saturated heterocycles. The molecule has 2 N–H and O–H groups in total. The van der Waals surface area contributed by atoms with E-state index >= 15 is 0 Å². The van der Waals surface area contributed by atoms with Crippen molar-refractivity contribution in [3.05, 3.63) is 80.8 Å². The number of nitrogens with one attached hydrogen (secondary N) is 1. The molecule has 168 valence electrons. The molecular weight excluding hydrogens is 461 g/mol. The van der Waals surface area contributed by atoms with Gasteiger partial charge in [0.05, 0.1) is 33.0 Å². The normalized spacial score (nSPS) is 15.5. The molecule has 1 atom stereocenters. The van der Waals surface area contributed by atoms with Gasteiger partial charge in [-0.1, -0.05) is 11.6 Å². The average molecular weight is 482 g/mol. The van der Waals surface area contributed by atoms with Crippen LogP contribution in [-0.4, -0.2) is 25.6 Å². The number of aryl methyl sites for hydroxylation is 3. The standard InChI is InChI=1S/C24H21ClFN5OS/c1-12-8-22(32)17(9-19(12)25)20-10-21(29-28-20)18-11-31(16-6-4-15(26)5-7-16)30-23(18)24-13(2)27-14(3)33-24/h4-9,11,21,29,32H,10H2,1-3H3. The third-order valence-corrected chi connectivity index (χ3v) is 7.16. The van der Waals surface area contributed by atoms with Crippen LogP contribution in [0.15, 0.2) is 47.7 Å². The number of halogens is 2. The summed E-state index contributed by atoms with van der Waals surface area (Å²) in [6.07, 6.45) is 2.49. The lowest BCUT2D eigenvalue weighted by molar-refractivity contribution is 0.473. The number of hydrogen-bond acceptors (Lipinski definition) is 6. The highest BCUT2D eigenvalue weighted by Gasteiger charge is 2.29. The van der Waals surface area contributed by atoms with E-state index in [4.69, 9.17) is 16.7 Å². The average Bonchev–Trinajstić information content (AvgIpc) is 3.49. The zero-order chi connectivity index (χ0) is 23.3. The highest BCUT2D eigenvalue weighted by Crippen LogP contribution is 2.38. The Morgan fingerprint density at radius 1 is 1.18 bits per heavy atom. The first-order chi connectivity index (χ1) is 15.8. The van der Waals surface area contributed by atoms with Crippen LogP contribution >= 0.6 is 22.9 Å².